The van der Waals surface area contributed by atoms with Crippen molar-refractivity contribution in [1.82, 2.24) is 9.97 Å². The van der Waals surface area contributed by atoms with Crippen molar-refractivity contribution in [2.75, 3.05) is 5.32 Å². The molecule has 5 heteroatoms. The second kappa shape index (κ2) is 6.50. The maximum atomic E-state index is 13.2. The smallest absolute Gasteiger partial charge is 0.143 e. The Morgan fingerprint density at radius 2 is 1.69 bits per heavy atom. The molecule has 3 nitrogen and oxygen atoms in total. The quantitative estimate of drug-likeness (QED) is 0.473. The monoisotopic (exact) mass is 363 g/mol. The van der Waals surface area contributed by atoms with Gasteiger partial charge in [-0.1, -0.05) is 18.2 Å². The van der Waals surface area contributed by atoms with Gasteiger partial charge in [-0.25, -0.2) is 14.4 Å². The molecule has 1 N–H and O–H groups in total. The normalized spacial score (nSPS) is 11.1. The van der Waals surface area contributed by atoms with E-state index in [4.69, 9.17) is 0 Å². The van der Waals surface area contributed by atoms with E-state index in [1.54, 1.807) is 29.8 Å². The molecule has 0 aliphatic rings. The van der Waals surface area contributed by atoms with Crippen LogP contribution in [0, 0.1) is 26.6 Å². The number of halogens is 1. The van der Waals surface area contributed by atoms with Crippen molar-refractivity contribution in [3.05, 3.63) is 70.6 Å². The first-order chi connectivity index (χ1) is 12.5. The van der Waals surface area contributed by atoms with Gasteiger partial charge in [0.25, 0.3) is 0 Å². The Labute approximate surface area is 155 Å². The summed E-state index contributed by atoms with van der Waals surface area (Å²) in [4.78, 5) is 11.0. The van der Waals surface area contributed by atoms with Crippen LogP contribution >= 0.6 is 11.3 Å². The van der Waals surface area contributed by atoms with Crippen LogP contribution in [0.2, 0.25) is 0 Å². The molecule has 0 radical (unpaired) electrons. The Balaban J connectivity index is 1.89. The fraction of sp³-hybridized carbons (Fsp3) is 0.143. The average molecular weight is 363 g/mol. The lowest BCUT2D eigenvalue weighted by molar-refractivity contribution is 0.628. The zero-order chi connectivity index (χ0) is 18.3. The zero-order valence-corrected chi connectivity index (χ0v) is 15.6. The number of thiophene rings is 1. The van der Waals surface area contributed by atoms with Gasteiger partial charge in [-0.15, -0.1) is 11.3 Å². The second-order valence-electron chi connectivity index (χ2n) is 6.37. The third-order valence-electron chi connectivity index (χ3n) is 4.57. The number of aryl methyl sites for hydroxylation is 3. The number of fused-ring (bicyclic) bond motifs is 1. The molecule has 0 spiro atoms. The molecular weight excluding hydrogens is 345 g/mol. The van der Waals surface area contributed by atoms with Crippen LogP contribution in [-0.4, -0.2) is 9.97 Å². The van der Waals surface area contributed by atoms with Gasteiger partial charge in [0.1, 0.15) is 22.8 Å². The van der Waals surface area contributed by atoms with Crippen LogP contribution < -0.4 is 5.32 Å². The number of nitrogens with zero attached hydrogens (tertiary/aromatic N) is 2. The Kier molecular flexibility index (Phi) is 4.17. The van der Waals surface area contributed by atoms with Gasteiger partial charge in [0.2, 0.25) is 0 Å². The summed E-state index contributed by atoms with van der Waals surface area (Å²) in [5.74, 6) is 0.477. The maximum absolute atomic E-state index is 13.2. The molecule has 2 heterocycles. The van der Waals surface area contributed by atoms with Gasteiger partial charge in [0, 0.05) is 16.1 Å². The molecule has 0 saturated carbocycles. The summed E-state index contributed by atoms with van der Waals surface area (Å²) in [5.41, 5.74) is 5.63. The molecular formula is C21H18FN3S. The predicted octanol–water partition coefficient (Wildman–Crippen LogP) is 6.17. The summed E-state index contributed by atoms with van der Waals surface area (Å²) >= 11 is 1.66. The molecule has 0 saturated heterocycles. The number of benzene rings is 2. The molecule has 0 amide bonds. The van der Waals surface area contributed by atoms with Crippen molar-refractivity contribution >= 4 is 33.1 Å². The van der Waals surface area contributed by atoms with Gasteiger partial charge in [0.05, 0.1) is 5.39 Å². The first-order valence-electron chi connectivity index (χ1n) is 8.37. The summed E-state index contributed by atoms with van der Waals surface area (Å²) in [7, 11) is 0. The van der Waals surface area contributed by atoms with Crippen LogP contribution in [0.25, 0.3) is 21.3 Å². The highest BCUT2D eigenvalue weighted by atomic mass is 32.1. The average Bonchev–Trinajstić information content (AvgIpc) is 2.96. The van der Waals surface area contributed by atoms with Crippen molar-refractivity contribution in [2.45, 2.75) is 20.8 Å². The number of hydrogen-bond acceptors (Lipinski definition) is 4. The summed E-state index contributed by atoms with van der Waals surface area (Å²) in [6.07, 6.45) is 1.56. The first-order valence-corrected chi connectivity index (χ1v) is 9.19. The van der Waals surface area contributed by atoms with Gasteiger partial charge < -0.3 is 5.32 Å². The molecule has 0 aliphatic heterocycles. The molecule has 0 atom stereocenters. The van der Waals surface area contributed by atoms with E-state index in [2.05, 4.69) is 54.3 Å². The SMILES string of the molecule is Cc1ccc(-c2c(C)sc3ncnc(Nc4ccc(F)cc4)c23)cc1C. The van der Waals surface area contributed by atoms with Crippen LogP contribution in [0.5, 0.6) is 0 Å². The number of nitrogens with one attached hydrogen (secondary N) is 1. The Morgan fingerprint density at radius 3 is 2.42 bits per heavy atom. The van der Waals surface area contributed by atoms with Crippen molar-refractivity contribution in [3.8, 4) is 11.1 Å². The number of rotatable bonds is 3. The van der Waals surface area contributed by atoms with E-state index in [0.717, 1.165) is 32.8 Å². The third kappa shape index (κ3) is 2.95. The highest BCUT2D eigenvalue weighted by Crippen LogP contribution is 2.41. The van der Waals surface area contributed by atoms with E-state index in [1.807, 2.05) is 0 Å². The molecule has 26 heavy (non-hydrogen) atoms. The number of anilines is 2. The highest BCUT2D eigenvalue weighted by Gasteiger charge is 2.17. The predicted molar refractivity (Wildman–Crippen MR) is 107 cm³/mol. The van der Waals surface area contributed by atoms with Gasteiger partial charge in [-0.2, -0.15) is 0 Å². The Bertz CT molecular complexity index is 1100. The minimum absolute atomic E-state index is 0.259. The Morgan fingerprint density at radius 1 is 0.923 bits per heavy atom. The molecule has 2 aromatic heterocycles. The highest BCUT2D eigenvalue weighted by molar-refractivity contribution is 7.19. The minimum Gasteiger partial charge on any atom is -0.340 e. The first kappa shape index (κ1) is 16.7. The van der Waals surface area contributed by atoms with E-state index >= 15 is 0 Å². The summed E-state index contributed by atoms with van der Waals surface area (Å²) in [6, 6.07) is 12.8. The Hall–Kier alpha value is -2.79. The van der Waals surface area contributed by atoms with Gasteiger partial charge in [-0.3, -0.25) is 0 Å². The van der Waals surface area contributed by atoms with Crippen LogP contribution in [0.1, 0.15) is 16.0 Å². The topological polar surface area (TPSA) is 37.8 Å². The molecule has 0 aliphatic carbocycles. The largest absolute Gasteiger partial charge is 0.340 e. The van der Waals surface area contributed by atoms with E-state index in [1.165, 1.54) is 28.1 Å². The standard InChI is InChI=1S/C21H18FN3S/c1-12-4-5-15(10-13(12)2)18-14(3)26-21-19(18)20(23-11-24-21)25-17-8-6-16(22)7-9-17/h4-11H,1-3H3,(H,23,24,25). The maximum Gasteiger partial charge on any atom is 0.143 e. The van der Waals surface area contributed by atoms with Crippen molar-refractivity contribution in [1.29, 1.82) is 0 Å². The lowest BCUT2D eigenvalue weighted by atomic mass is 9.99. The van der Waals surface area contributed by atoms with Gasteiger partial charge in [-0.05, 0) is 61.7 Å². The second-order valence-corrected chi connectivity index (χ2v) is 7.57. The fourth-order valence-corrected chi connectivity index (χ4v) is 4.07. The molecule has 130 valence electrons. The third-order valence-corrected chi connectivity index (χ3v) is 5.58. The lowest BCUT2D eigenvalue weighted by Crippen LogP contribution is -1.96. The van der Waals surface area contributed by atoms with Crippen molar-refractivity contribution < 1.29 is 4.39 Å². The molecule has 4 aromatic rings. The van der Waals surface area contributed by atoms with Gasteiger partial charge >= 0.3 is 0 Å². The van der Waals surface area contributed by atoms with E-state index < -0.39 is 0 Å². The van der Waals surface area contributed by atoms with E-state index in [9.17, 15) is 4.39 Å². The minimum atomic E-state index is -0.259. The van der Waals surface area contributed by atoms with E-state index in [0.29, 0.717) is 0 Å². The summed E-state index contributed by atoms with van der Waals surface area (Å²) < 4.78 is 13.2. The molecule has 0 fully saturated rings. The van der Waals surface area contributed by atoms with Crippen LogP contribution in [0.3, 0.4) is 0 Å². The lowest BCUT2D eigenvalue weighted by Gasteiger charge is -2.10. The molecule has 0 unspecified atom stereocenters. The van der Waals surface area contributed by atoms with Crippen LogP contribution in [-0.2, 0) is 0 Å². The van der Waals surface area contributed by atoms with Gasteiger partial charge in [0.15, 0.2) is 0 Å². The number of hydrogen-bond donors (Lipinski definition) is 1. The van der Waals surface area contributed by atoms with Crippen LogP contribution in [0.4, 0.5) is 15.9 Å². The molecule has 0 bridgehead atoms. The van der Waals surface area contributed by atoms with Crippen molar-refractivity contribution in [2.24, 2.45) is 0 Å². The van der Waals surface area contributed by atoms with E-state index in [-0.39, 0.29) is 5.82 Å². The zero-order valence-electron chi connectivity index (χ0n) is 14.8. The fourth-order valence-electron chi connectivity index (χ4n) is 3.05. The summed E-state index contributed by atoms with van der Waals surface area (Å²) in [6.45, 7) is 6.35. The van der Waals surface area contributed by atoms with Crippen LogP contribution in [0.15, 0.2) is 48.8 Å². The molecule has 4 rings (SSSR count). The number of aromatic nitrogens is 2. The molecule has 2 aromatic carbocycles. The van der Waals surface area contributed by atoms with Crippen molar-refractivity contribution in [3.63, 3.8) is 0 Å². The summed E-state index contributed by atoms with van der Waals surface area (Å²) in [5, 5.41) is 4.31.